The topological polar surface area (TPSA) is 64.6 Å². The van der Waals surface area contributed by atoms with E-state index >= 15 is 0 Å². The molecule has 0 radical (unpaired) electrons. The van der Waals surface area contributed by atoms with Gasteiger partial charge in [-0.3, -0.25) is 0 Å². The van der Waals surface area contributed by atoms with Crippen molar-refractivity contribution in [2.45, 2.75) is 69.8 Å². The van der Waals surface area contributed by atoms with Crippen LogP contribution in [0.3, 0.4) is 0 Å². The van der Waals surface area contributed by atoms with E-state index < -0.39 is 24.6 Å². The van der Waals surface area contributed by atoms with E-state index in [-0.39, 0.29) is 27.0 Å². The molecule has 0 saturated heterocycles. The zero-order valence-electron chi connectivity index (χ0n) is 17.5. The number of nitrogens with one attached hydrogen (secondary N) is 1. The summed E-state index contributed by atoms with van der Waals surface area (Å²) in [7, 11) is -1.27. The molecule has 7 heteroatoms. The third-order valence-corrected chi connectivity index (χ3v) is 8.17. The molecule has 1 amide bonds. The third-order valence-electron chi connectivity index (χ3n) is 3.53. The number of benzene rings is 1. The summed E-state index contributed by atoms with van der Waals surface area (Å²) in [4.78, 5) is 24.5. The summed E-state index contributed by atoms with van der Waals surface area (Å²) < 4.78 is 12.0. The average molecular weight is 459 g/mol. The van der Waals surface area contributed by atoms with Gasteiger partial charge in [0.15, 0.2) is 0 Å². The van der Waals surface area contributed by atoms with Gasteiger partial charge in [0.2, 0.25) is 0 Å². The molecular formula is C20H33NO4SeSi. The summed E-state index contributed by atoms with van der Waals surface area (Å²) in [5.41, 5.74) is -0.582. The number of rotatable bonds is 8. The fourth-order valence-electron chi connectivity index (χ4n) is 2.11. The molecule has 0 saturated carbocycles. The van der Waals surface area contributed by atoms with Crippen LogP contribution in [-0.4, -0.2) is 53.3 Å². The average Bonchev–Trinajstić information content (AvgIpc) is 2.50. The van der Waals surface area contributed by atoms with E-state index in [1.165, 1.54) is 0 Å². The monoisotopic (exact) mass is 459 g/mol. The predicted octanol–water partition coefficient (Wildman–Crippen LogP) is 3.60. The number of carbonyl (C=O) groups is 2. The minimum atomic E-state index is -1.27. The summed E-state index contributed by atoms with van der Waals surface area (Å²) in [6.07, 6.45) is -0.515. The van der Waals surface area contributed by atoms with Crippen molar-refractivity contribution in [3.05, 3.63) is 30.3 Å². The molecule has 0 aliphatic heterocycles. The van der Waals surface area contributed by atoms with Crippen molar-refractivity contribution in [1.29, 1.82) is 0 Å². The van der Waals surface area contributed by atoms with Crippen LogP contribution < -0.4 is 9.78 Å². The van der Waals surface area contributed by atoms with E-state index in [9.17, 15) is 9.59 Å². The summed E-state index contributed by atoms with van der Waals surface area (Å²) in [5.74, 6) is -0.249. The Morgan fingerprint density at radius 3 is 2.26 bits per heavy atom. The van der Waals surface area contributed by atoms with Crippen LogP contribution in [0.1, 0.15) is 27.7 Å². The van der Waals surface area contributed by atoms with Crippen LogP contribution in [0.4, 0.5) is 4.79 Å². The quantitative estimate of drug-likeness (QED) is 0.478. The van der Waals surface area contributed by atoms with Crippen LogP contribution in [0.25, 0.3) is 0 Å². The summed E-state index contributed by atoms with van der Waals surface area (Å²) >= 11 is -0.161. The van der Waals surface area contributed by atoms with Crippen molar-refractivity contribution >= 4 is 39.6 Å². The van der Waals surface area contributed by atoms with Crippen molar-refractivity contribution in [1.82, 2.24) is 5.32 Å². The molecule has 1 rings (SSSR count). The molecule has 1 aromatic carbocycles. The molecule has 0 unspecified atom stereocenters. The Labute approximate surface area is 170 Å². The van der Waals surface area contributed by atoms with Gasteiger partial charge in [-0.15, -0.1) is 0 Å². The van der Waals surface area contributed by atoms with Crippen molar-refractivity contribution in [2.24, 2.45) is 0 Å². The Balaban J connectivity index is 2.80. The molecule has 0 spiro atoms. The van der Waals surface area contributed by atoms with Crippen molar-refractivity contribution in [2.75, 3.05) is 6.61 Å². The summed E-state index contributed by atoms with van der Waals surface area (Å²) in [5, 5.41) is 2.81. The molecule has 2 atom stereocenters. The van der Waals surface area contributed by atoms with Gasteiger partial charge in [0.1, 0.15) is 0 Å². The first-order valence-corrected chi connectivity index (χ1v) is 14.8. The second-order valence-corrected chi connectivity index (χ2v) is 16.9. The molecule has 1 N–H and O–H groups in total. The number of esters is 1. The van der Waals surface area contributed by atoms with Crippen molar-refractivity contribution < 1.29 is 19.1 Å². The van der Waals surface area contributed by atoms with E-state index in [0.717, 1.165) is 10.5 Å². The molecule has 0 aliphatic rings. The molecule has 0 aromatic heterocycles. The normalized spacial score (nSPS) is 14.2. The van der Waals surface area contributed by atoms with E-state index in [4.69, 9.17) is 9.47 Å². The predicted molar refractivity (Wildman–Crippen MR) is 114 cm³/mol. The fourth-order valence-corrected chi connectivity index (χ4v) is 5.01. The minimum absolute atomic E-state index is 0.161. The second kappa shape index (κ2) is 10.3. The van der Waals surface area contributed by atoms with Crippen LogP contribution in [0.15, 0.2) is 30.3 Å². The Kier molecular flexibility index (Phi) is 9.05. The first kappa shape index (κ1) is 23.7. The first-order valence-electron chi connectivity index (χ1n) is 9.25. The van der Waals surface area contributed by atoms with Gasteiger partial charge >= 0.3 is 171 Å². The summed E-state index contributed by atoms with van der Waals surface area (Å²) in [6, 6.07) is 10.4. The second-order valence-electron chi connectivity index (χ2n) is 8.76. The van der Waals surface area contributed by atoms with Gasteiger partial charge < -0.3 is 0 Å². The fraction of sp³-hybridized carbons (Fsp3) is 0.600. The van der Waals surface area contributed by atoms with Gasteiger partial charge in [-0.25, -0.2) is 0 Å². The Morgan fingerprint density at radius 2 is 1.74 bits per heavy atom. The number of carbonyl (C=O) groups excluding carboxylic acids is 2. The zero-order chi connectivity index (χ0) is 20.7. The Hall–Kier alpha value is -1.30. The molecular weight excluding hydrogens is 425 g/mol. The SMILES string of the molecule is C[C@H](NC(=O)OC(C)(C)C)[C@H]([Se]c1ccccc1)C(=O)OCC[Si](C)(C)C. The number of hydrogen-bond acceptors (Lipinski definition) is 4. The molecule has 0 aliphatic carbocycles. The maximum atomic E-state index is 12.8. The number of alkyl carbamates (subject to hydrolysis) is 1. The number of hydrogen-bond donors (Lipinski definition) is 1. The van der Waals surface area contributed by atoms with E-state index in [1.807, 2.05) is 58.0 Å². The van der Waals surface area contributed by atoms with Gasteiger partial charge in [0.05, 0.1) is 0 Å². The van der Waals surface area contributed by atoms with Gasteiger partial charge in [-0.05, 0) is 0 Å². The molecule has 5 nitrogen and oxygen atoms in total. The number of amides is 1. The van der Waals surface area contributed by atoms with Gasteiger partial charge in [-0.1, -0.05) is 0 Å². The van der Waals surface area contributed by atoms with Gasteiger partial charge in [0, 0.05) is 0 Å². The molecule has 0 bridgehead atoms. The van der Waals surface area contributed by atoms with Crippen LogP contribution in [0.2, 0.25) is 30.5 Å². The van der Waals surface area contributed by atoms with Crippen LogP contribution in [-0.2, 0) is 14.3 Å². The van der Waals surface area contributed by atoms with Crippen LogP contribution in [0, 0.1) is 0 Å². The van der Waals surface area contributed by atoms with E-state index in [2.05, 4.69) is 25.0 Å². The first-order chi connectivity index (χ1) is 12.4. The van der Waals surface area contributed by atoms with Crippen molar-refractivity contribution in [3.8, 4) is 0 Å². The molecule has 152 valence electrons. The zero-order valence-corrected chi connectivity index (χ0v) is 20.2. The van der Waals surface area contributed by atoms with E-state index in [1.54, 1.807) is 0 Å². The van der Waals surface area contributed by atoms with Gasteiger partial charge in [-0.2, -0.15) is 0 Å². The molecule has 0 fully saturated rings. The Morgan fingerprint density at radius 1 is 1.15 bits per heavy atom. The number of ether oxygens (including phenoxy) is 2. The van der Waals surface area contributed by atoms with Crippen LogP contribution in [0.5, 0.6) is 0 Å². The third kappa shape index (κ3) is 10.6. The standard InChI is InChI=1S/C20H33NO4SeSi/c1-15(21-19(23)25-20(2,3)4)17(26-16-11-9-8-10-12-16)18(22)24-13-14-27(5,6)7/h8-12,15,17H,13-14H2,1-7H3,(H,21,23)/t15-,17-/m0/s1. The summed E-state index contributed by atoms with van der Waals surface area (Å²) in [6.45, 7) is 14.5. The van der Waals surface area contributed by atoms with Crippen LogP contribution >= 0.6 is 0 Å². The molecule has 0 heterocycles. The maximum absolute atomic E-state index is 12.8. The molecule has 27 heavy (non-hydrogen) atoms. The van der Waals surface area contributed by atoms with E-state index in [0.29, 0.717) is 6.61 Å². The molecule has 1 aromatic rings. The Bertz CT molecular complexity index is 611. The van der Waals surface area contributed by atoms with Gasteiger partial charge in [0.25, 0.3) is 0 Å². The van der Waals surface area contributed by atoms with Crippen molar-refractivity contribution in [3.63, 3.8) is 0 Å².